The number of amides is 1. The molecule has 2 fully saturated rings. The van der Waals surface area contributed by atoms with Crippen LogP contribution in [-0.4, -0.2) is 35.2 Å². The summed E-state index contributed by atoms with van der Waals surface area (Å²) < 4.78 is 12.3. The minimum absolute atomic E-state index is 0.0554. The summed E-state index contributed by atoms with van der Waals surface area (Å²) in [5.74, 6) is 0.694. The third-order valence-corrected chi connectivity index (χ3v) is 6.63. The van der Waals surface area contributed by atoms with Crippen LogP contribution in [0.3, 0.4) is 0 Å². The monoisotopic (exact) mass is 361 g/mol. The van der Waals surface area contributed by atoms with Gasteiger partial charge in [0.05, 0.1) is 21.8 Å². The molecule has 2 aliphatic heterocycles. The van der Waals surface area contributed by atoms with Crippen LogP contribution in [0.25, 0.3) is 0 Å². The first kappa shape index (κ1) is 17.4. The summed E-state index contributed by atoms with van der Waals surface area (Å²) in [6, 6.07) is 4.13. The van der Waals surface area contributed by atoms with Crippen LogP contribution in [-0.2, 0) is 15.9 Å². The second kappa shape index (κ2) is 5.48. The van der Waals surface area contributed by atoms with Crippen LogP contribution < -0.4 is 5.46 Å². The highest BCUT2D eigenvalue weighted by Crippen LogP contribution is 2.40. The molecule has 2 heterocycles. The van der Waals surface area contributed by atoms with Gasteiger partial charge in [0.15, 0.2) is 0 Å². The van der Waals surface area contributed by atoms with Crippen molar-refractivity contribution in [2.24, 2.45) is 5.92 Å². The van der Waals surface area contributed by atoms with Crippen LogP contribution in [0.2, 0.25) is 5.02 Å². The summed E-state index contributed by atoms with van der Waals surface area (Å²) in [7, 11) is -0.460. The van der Waals surface area contributed by atoms with Crippen molar-refractivity contribution in [1.82, 2.24) is 4.90 Å². The zero-order valence-electron chi connectivity index (χ0n) is 15.6. The van der Waals surface area contributed by atoms with Gasteiger partial charge in [0.1, 0.15) is 0 Å². The van der Waals surface area contributed by atoms with E-state index in [-0.39, 0.29) is 11.9 Å². The van der Waals surface area contributed by atoms with Crippen molar-refractivity contribution in [3.8, 4) is 0 Å². The summed E-state index contributed by atoms with van der Waals surface area (Å²) >= 11 is 6.50. The summed E-state index contributed by atoms with van der Waals surface area (Å²) in [6.07, 6.45) is 2.43. The van der Waals surface area contributed by atoms with Crippen molar-refractivity contribution in [3.63, 3.8) is 0 Å². The second-order valence-corrected chi connectivity index (χ2v) is 9.04. The summed E-state index contributed by atoms with van der Waals surface area (Å²) in [5.41, 5.74) is 1.72. The third-order valence-electron chi connectivity index (χ3n) is 6.33. The molecule has 0 bridgehead atoms. The van der Waals surface area contributed by atoms with Crippen LogP contribution >= 0.6 is 11.6 Å². The minimum atomic E-state index is -0.460. The molecule has 1 saturated carbocycles. The molecule has 1 aliphatic carbocycles. The Morgan fingerprint density at radius 2 is 1.80 bits per heavy atom. The molecule has 0 aromatic heterocycles. The fourth-order valence-corrected chi connectivity index (χ4v) is 4.06. The highest BCUT2D eigenvalue weighted by molar-refractivity contribution is 6.62. The predicted molar refractivity (Wildman–Crippen MR) is 99.2 cm³/mol. The van der Waals surface area contributed by atoms with Gasteiger partial charge < -0.3 is 14.2 Å². The molecule has 1 unspecified atom stereocenters. The number of nitrogens with zero attached hydrogens (tertiary/aromatic N) is 1. The number of carbonyl (C=O) groups excluding carboxylic acids is 1. The average Bonchev–Trinajstić information content (AvgIpc) is 3.25. The minimum Gasteiger partial charge on any atom is -0.399 e. The van der Waals surface area contributed by atoms with Crippen molar-refractivity contribution in [2.45, 2.75) is 71.2 Å². The Kier molecular flexibility index (Phi) is 3.81. The van der Waals surface area contributed by atoms with Gasteiger partial charge in [-0.05, 0) is 70.5 Å². The Balaban J connectivity index is 1.64. The zero-order valence-corrected chi connectivity index (χ0v) is 16.3. The van der Waals surface area contributed by atoms with Gasteiger partial charge in [-0.25, -0.2) is 0 Å². The molecule has 134 valence electrons. The highest BCUT2D eigenvalue weighted by atomic mass is 35.5. The van der Waals surface area contributed by atoms with Gasteiger partial charge in [-0.15, -0.1) is 0 Å². The molecule has 3 aliphatic rings. The number of hydrogen-bond acceptors (Lipinski definition) is 3. The Labute approximate surface area is 155 Å². The number of carbonyl (C=O) groups is 1. The van der Waals surface area contributed by atoms with Gasteiger partial charge >= 0.3 is 7.12 Å². The molecular formula is C19H25BClNO3. The molecular weight excluding hydrogens is 336 g/mol. The molecule has 0 spiro atoms. The van der Waals surface area contributed by atoms with Gasteiger partial charge in [-0.1, -0.05) is 17.7 Å². The number of halogens is 1. The molecule has 1 atom stereocenters. The Hall–Kier alpha value is -1.04. The summed E-state index contributed by atoms with van der Waals surface area (Å²) in [4.78, 5) is 14.8. The van der Waals surface area contributed by atoms with E-state index in [9.17, 15) is 4.79 Å². The average molecular weight is 362 g/mol. The normalized spacial score (nSPS) is 25.4. The van der Waals surface area contributed by atoms with E-state index in [1.165, 1.54) is 12.8 Å². The van der Waals surface area contributed by atoms with E-state index in [2.05, 4.69) is 6.92 Å². The lowest BCUT2D eigenvalue weighted by Gasteiger charge is -2.32. The number of hydrogen-bond donors (Lipinski definition) is 0. The van der Waals surface area contributed by atoms with Crippen molar-refractivity contribution < 1.29 is 14.1 Å². The van der Waals surface area contributed by atoms with E-state index in [0.29, 0.717) is 23.0 Å². The van der Waals surface area contributed by atoms with E-state index < -0.39 is 18.3 Å². The molecule has 25 heavy (non-hydrogen) atoms. The second-order valence-electron chi connectivity index (χ2n) is 8.64. The molecule has 1 aromatic rings. The predicted octanol–water partition coefficient (Wildman–Crippen LogP) is 3.39. The molecule has 4 rings (SSSR count). The first-order chi connectivity index (χ1) is 11.6. The maximum atomic E-state index is 12.8. The summed E-state index contributed by atoms with van der Waals surface area (Å²) in [5, 5.41) is 0.498. The Morgan fingerprint density at radius 3 is 2.36 bits per heavy atom. The Bertz CT molecular complexity index is 728. The molecule has 6 heteroatoms. The zero-order chi connectivity index (χ0) is 18.1. The lowest BCUT2D eigenvalue weighted by Crippen LogP contribution is -2.41. The van der Waals surface area contributed by atoms with Gasteiger partial charge in [-0.2, -0.15) is 0 Å². The first-order valence-electron chi connectivity index (χ1n) is 9.09. The number of fused-ring (bicyclic) bond motifs is 1. The molecule has 0 N–H and O–H groups in total. The van der Waals surface area contributed by atoms with Crippen molar-refractivity contribution in [1.29, 1.82) is 0 Å². The van der Waals surface area contributed by atoms with Crippen LogP contribution in [0.15, 0.2) is 12.1 Å². The van der Waals surface area contributed by atoms with Crippen molar-refractivity contribution in [2.75, 3.05) is 0 Å². The lowest BCUT2D eigenvalue weighted by atomic mass is 9.78. The van der Waals surface area contributed by atoms with E-state index in [1.54, 1.807) is 0 Å². The number of rotatable bonds is 3. The SMILES string of the molecule is CC(C1CC1)N1Cc2cc(B3OC(C)(C)C(C)(C)O3)cc(Cl)c2C1=O. The molecule has 4 nitrogen and oxygen atoms in total. The quantitative estimate of drug-likeness (QED) is 0.775. The smallest absolute Gasteiger partial charge is 0.399 e. The summed E-state index contributed by atoms with van der Waals surface area (Å²) in [6.45, 7) is 10.9. The largest absolute Gasteiger partial charge is 0.494 e. The van der Waals surface area contributed by atoms with E-state index in [0.717, 1.165) is 11.0 Å². The van der Waals surface area contributed by atoms with Crippen molar-refractivity contribution in [3.05, 3.63) is 28.3 Å². The fourth-order valence-electron chi connectivity index (χ4n) is 3.73. The molecule has 1 aromatic carbocycles. The van der Waals surface area contributed by atoms with Crippen LogP contribution in [0.4, 0.5) is 0 Å². The third kappa shape index (κ3) is 2.72. The van der Waals surface area contributed by atoms with Crippen LogP contribution in [0, 0.1) is 5.92 Å². The van der Waals surface area contributed by atoms with Crippen molar-refractivity contribution >= 4 is 30.1 Å². The first-order valence-corrected chi connectivity index (χ1v) is 9.47. The van der Waals surface area contributed by atoms with Gasteiger partial charge in [0.25, 0.3) is 5.91 Å². The van der Waals surface area contributed by atoms with Gasteiger partial charge in [0, 0.05) is 12.6 Å². The fraction of sp³-hybridized carbons (Fsp3) is 0.632. The maximum absolute atomic E-state index is 12.8. The molecule has 1 saturated heterocycles. The van der Waals surface area contributed by atoms with Crippen LogP contribution in [0.1, 0.15) is 63.4 Å². The van der Waals surface area contributed by atoms with Crippen LogP contribution in [0.5, 0.6) is 0 Å². The Morgan fingerprint density at radius 1 is 1.20 bits per heavy atom. The van der Waals surface area contributed by atoms with E-state index >= 15 is 0 Å². The highest BCUT2D eigenvalue weighted by Gasteiger charge is 2.52. The van der Waals surface area contributed by atoms with E-state index in [4.69, 9.17) is 20.9 Å². The molecule has 1 amide bonds. The number of benzene rings is 1. The van der Waals surface area contributed by atoms with E-state index in [1.807, 2.05) is 44.7 Å². The topological polar surface area (TPSA) is 38.8 Å². The van der Waals surface area contributed by atoms with Gasteiger partial charge in [0.2, 0.25) is 0 Å². The standard InChI is InChI=1S/C19H25BClNO3/c1-11(12-6-7-12)22-10-13-8-14(9-15(21)16(13)17(22)23)20-24-18(2,3)19(4,5)25-20/h8-9,11-12H,6-7,10H2,1-5H3. The molecule has 0 radical (unpaired) electrons. The van der Waals surface area contributed by atoms with Gasteiger partial charge in [-0.3, -0.25) is 4.79 Å². The lowest BCUT2D eigenvalue weighted by molar-refractivity contribution is 0.00578. The maximum Gasteiger partial charge on any atom is 0.494 e.